The summed E-state index contributed by atoms with van der Waals surface area (Å²) in [4.78, 5) is 0. The maximum Gasteiger partial charge on any atom is 0.143 e. The minimum atomic E-state index is 0.905. The Balaban J connectivity index is 0.969. The summed E-state index contributed by atoms with van der Waals surface area (Å²) in [7, 11) is 0. The highest BCUT2D eigenvalue weighted by Crippen LogP contribution is 2.45. The van der Waals surface area contributed by atoms with E-state index in [1.54, 1.807) is 0 Å². The molecule has 12 aromatic carbocycles. The number of hydrogen-bond donors (Lipinski definition) is 0. The summed E-state index contributed by atoms with van der Waals surface area (Å²) in [5, 5.41) is 14.7. The molecule has 0 radical (unpaired) electrons. The quantitative estimate of drug-likeness (QED) is 0.125. The summed E-state index contributed by atoms with van der Waals surface area (Å²) >= 11 is 0. The van der Waals surface area contributed by atoms with Crippen molar-refractivity contribution in [2.75, 3.05) is 0 Å². The molecule has 0 spiro atoms. The molecule has 0 N–H and O–H groups in total. The van der Waals surface area contributed by atoms with E-state index in [0.29, 0.717) is 0 Å². The van der Waals surface area contributed by atoms with Gasteiger partial charge in [-0.3, -0.25) is 0 Å². The van der Waals surface area contributed by atoms with Crippen molar-refractivity contribution in [1.29, 1.82) is 0 Å². The zero-order valence-corrected chi connectivity index (χ0v) is 35.9. The Hall–Kier alpha value is -8.72. The van der Waals surface area contributed by atoms with Crippen LogP contribution in [0, 0.1) is 0 Å². The van der Waals surface area contributed by atoms with Crippen LogP contribution in [0.4, 0.5) is 0 Å². The molecule has 0 aliphatic heterocycles. The minimum Gasteiger partial charge on any atom is -0.455 e. The van der Waals surface area contributed by atoms with Gasteiger partial charge in [0.1, 0.15) is 11.2 Å². The molecule has 2 nitrogen and oxygen atoms in total. The van der Waals surface area contributed by atoms with Crippen molar-refractivity contribution in [2.24, 2.45) is 0 Å². The number of para-hydroxylation sites is 2. The van der Waals surface area contributed by atoms with Crippen LogP contribution in [-0.2, 0) is 0 Å². The molecule has 2 aromatic heterocycles. The van der Waals surface area contributed by atoms with Gasteiger partial charge in [0.2, 0.25) is 0 Å². The van der Waals surface area contributed by atoms with Crippen LogP contribution < -0.4 is 0 Å². The maximum atomic E-state index is 6.58. The Labute approximate surface area is 380 Å². The average molecular weight is 838 g/mol. The Bertz CT molecular complexity index is 4210. The zero-order valence-electron chi connectivity index (χ0n) is 35.9. The SMILES string of the molecule is c1ccc(-c2c3ccccc3c(-c3ccc(-n4c5ccc(-c6ccc7ccc8ccccc8c7c6)cc5c5cc(-c6cccc7c6oc6ccccc67)ccc54)cc3)c3ccccc23)cc1. The molecule has 0 atom stereocenters. The van der Waals surface area contributed by atoms with Crippen molar-refractivity contribution in [3.05, 3.63) is 237 Å². The largest absolute Gasteiger partial charge is 0.455 e. The van der Waals surface area contributed by atoms with Crippen LogP contribution >= 0.6 is 0 Å². The highest BCUT2D eigenvalue weighted by Gasteiger charge is 2.20. The summed E-state index contributed by atoms with van der Waals surface area (Å²) in [6, 6.07) is 86.6. The van der Waals surface area contributed by atoms with Gasteiger partial charge in [0.25, 0.3) is 0 Å². The molecule has 0 saturated carbocycles. The molecule has 66 heavy (non-hydrogen) atoms. The Morgan fingerprint density at radius 2 is 0.742 bits per heavy atom. The van der Waals surface area contributed by atoms with Gasteiger partial charge < -0.3 is 8.98 Å². The van der Waals surface area contributed by atoms with Crippen molar-refractivity contribution in [3.8, 4) is 50.2 Å². The van der Waals surface area contributed by atoms with Gasteiger partial charge in [-0.25, -0.2) is 0 Å². The van der Waals surface area contributed by atoms with Crippen molar-refractivity contribution in [2.45, 2.75) is 0 Å². The average Bonchev–Trinajstić information content (AvgIpc) is 3.93. The zero-order chi connectivity index (χ0) is 43.3. The van der Waals surface area contributed by atoms with E-state index in [0.717, 1.165) is 49.8 Å². The first-order valence-electron chi connectivity index (χ1n) is 22.7. The van der Waals surface area contributed by atoms with Crippen LogP contribution in [0.5, 0.6) is 0 Å². The van der Waals surface area contributed by atoms with E-state index in [-0.39, 0.29) is 0 Å². The third-order valence-corrected chi connectivity index (χ3v) is 14.0. The second-order valence-electron chi connectivity index (χ2n) is 17.6. The first kappa shape index (κ1) is 36.7. The van der Waals surface area contributed by atoms with E-state index in [4.69, 9.17) is 4.42 Å². The highest BCUT2D eigenvalue weighted by molar-refractivity contribution is 6.22. The first-order chi connectivity index (χ1) is 32.7. The van der Waals surface area contributed by atoms with Gasteiger partial charge >= 0.3 is 0 Å². The number of nitrogens with zero attached hydrogens (tertiary/aromatic N) is 1. The standard InChI is InChI=1S/C64H39NO/c1-2-14-42(15-3-1)62-51-18-6-8-20-53(51)63(54-21-9-7-19-52(54)62)43-29-33-47(34-30-43)65-59-35-31-45(44-28-27-41-26-25-40-13-4-5-16-48(40)56(41)37-44)38-57(59)58-39-46(32-36-60(58)65)49-22-12-23-55-50-17-10-11-24-61(50)66-64(49)55/h1-39H. The predicted octanol–water partition coefficient (Wildman–Crippen LogP) is 18.0. The molecular weight excluding hydrogens is 799 g/mol. The first-order valence-corrected chi connectivity index (χ1v) is 22.7. The fraction of sp³-hybridized carbons (Fsp3) is 0. The predicted molar refractivity (Wildman–Crippen MR) is 280 cm³/mol. The van der Waals surface area contributed by atoms with Crippen LogP contribution in [0.2, 0.25) is 0 Å². The summed E-state index contributed by atoms with van der Waals surface area (Å²) in [5.41, 5.74) is 14.8. The normalized spacial score (nSPS) is 11.9. The Morgan fingerprint density at radius 1 is 0.273 bits per heavy atom. The molecule has 0 fully saturated rings. The topological polar surface area (TPSA) is 18.1 Å². The summed E-state index contributed by atoms with van der Waals surface area (Å²) in [5.74, 6) is 0. The smallest absolute Gasteiger partial charge is 0.143 e. The van der Waals surface area contributed by atoms with Gasteiger partial charge in [0.15, 0.2) is 0 Å². The van der Waals surface area contributed by atoms with Gasteiger partial charge in [0, 0.05) is 32.8 Å². The second kappa shape index (κ2) is 14.4. The fourth-order valence-corrected chi connectivity index (χ4v) is 10.9. The molecule has 2 heterocycles. The van der Waals surface area contributed by atoms with E-state index in [2.05, 4.69) is 235 Å². The van der Waals surface area contributed by atoms with Crippen LogP contribution in [0.15, 0.2) is 241 Å². The minimum absolute atomic E-state index is 0.905. The van der Waals surface area contributed by atoms with Gasteiger partial charge in [-0.1, -0.05) is 188 Å². The lowest BCUT2D eigenvalue weighted by Gasteiger charge is -2.18. The van der Waals surface area contributed by atoms with E-state index < -0.39 is 0 Å². The van der Waals surface area contributed by atoms with Crippen molar-refractivity contribution >= 4 is 86.8 Å². The van der Waals surface area contributed by atoms with Crippen molar-refractivity contribution < 1.29 is 4.42 Å². The summed E-state index contributed by atoms with van der Waals surface area (Å²) < 4.78 is 9.02. The maximum absolute atomic E-state index is 6.58. The van der Waals surface area contributed by atoms with Crippen LogP contribution in [0.1, 0.15) is 0 Å². The summed E-state index contributed by atoms with van der Waals surface area (Å²) in [6.07, 6.45) is 0. The van der Waals surface area contributed by atoms with E-state index in [9.17, 15) is 0 Å². The number of benzene rings is 12. The fourth-order valence-electron chi connectivity index (χ4n) is 10.9. The van der Waals surface area contributed by atoms with Crippen molar-refractivity contribution in [3.63, 3.8) is 0 Å². The number of fused-ring (bicyclic) bond motifs is 11. The van der Waals surface area contributed by atoms with Crippen LogP contribution in [-0.4, -0.2) is 4.57 Å². The van der Waals surface area contributed by atoms with Gasteiger partial charge in [-0.2, -0.15) is 0 Å². The second-order valence-corrected chi connectivity index (χ2v) is 17.6. The van der Waals surface area contributed by atoms with Crippen LogP contribution in [0.25, 0.3) is 137 Å². The lowest BCUT2D eigenvalue weighted by Crippen LogP contribution is -1.95. The van der Waals surface area contributed by atoms with Crippen LogP contribution in [0.3, 0.4) is 0 Å². The molecule has 0 aliphatic carbocycles. The monoisotopic (exact) mass is 837 g/mol. The third-order valence-electron chi connectivity index (χ3n) is 14.0. The molecule has 2 heteroatoms. The molecule has 0 amide bonds. The number of aromatic nitrogens is 1. The number of furan rings is 1. The lowest BCUT2D eigenvalue weighted by molar-refractivity contribution is 0.670. The molecule has 0 saturated heterocycles. The number of rotatable bonds is 5. The molecule has 14 rings (SSSR count). The van der Waals surface area contributed by atoms with Gasteiger partial charge in [-0.15, -0.1) is 0 Å². The molecular formula is C64H39NO. The Kier molecular flexibility index (Phi) is 8.02. The molecule has 0 aliphatic rings. The van der Waals surface area contributed by atoms with Gasteiger partial charge in [-0.05, 0) is 131 Å². The molecule has 14 aromatic rings. The molecule has 0 unspecified atom stereocenters. The lowest BCUT2D eigenvalue weighted by atomic mass is 9.86. The Morgan fingerprint density at radius 3 is 1.42 bits per heavy atom. The highest BCUT2D eigenvalue weighted by atomic mass is 16.3. The van der Waals surface area contributed by atoms with E-state index in [1.165, 1.54) is 87.2 Å². The number of hydrogen-bond acceptors (Lipinski definition) is 1. The van der Waals surface area contributed by atoms with Gasteiger partial charge in [0.05, 0.1) is 11.0 Å². The molecule has 0 bridgehead atoms. The van der Waals surface area contributed by atoms with E-state index in [1.807, 2.05) is 6.07 Å². The third kappa shape index (κ3) is 5.55. The van der Waals surface area contributed by atoms with Crippen molar-refractivity contribution in [1.82, 2.24) is 4.57 Å². The molecule has 306 valence electrons. The van der Waals surface area contributed by atoms with E-state index >= 15 is 0 Å². The summed E-state index contributed by atoms with van der Waals surface area (Å²) in [6.45, 7) is 0.